The Morgan fingerprint density at radius 1 is 1.07 bits per heavy atom. The average Bonchev–Trinajstić information content (AvgIpc) is 2.04. The predicted octanol–water partition coefficient (Wildman–Crippen LogP) is -0.786. The van der Waals surface area contributed by atoms with E-state index in [1.165, 1.54) is 0 Å². The second-order valence-electron chi connectivity index (χ2n) is 2.34. The SMILES string of the molecule is CCOC(=O)C(C(N)=O)C(=O)OCC. The quantitative estimate of drug-likeness (QED) is 0.466. The lowest BCUT2D eigenvalue weighted by Crippen LogP contribution is -2.39. The maximum Gasteiger partial charge on any atom is 0.330 e. The van der Waals surface area contributed by atoms with E-state index in [2.05, 4.69) is 9.47 Å². The lowest BCUT2D eigenvalue weighted by Gasteiger charge is -2.10. The third kappa shape index (κ3) is 3.42. The summed E-state index contributed by atoms with van der Waals surface area (Å²) < 4.78 is 8.98. The van der Waals surface area contributed by atoms with Gasteiger partial charge in [-0.05, 0) is 13.8 Å². The van der Waals surface area contributed by atoms with E-state index in [0.29, 0.717) is 0 Å². The molecule has 0 aliphatic rings. The highest BCUT2D eigenvalue weighted by Crippen LogP contribution is 2.02. The van der Waals surface area contributed by atoms with E-state index in [-0.39, 0.29) is 13.2 Å². The summed E-state index contributed by atoms with van der Waals surface area (Å²) in [5.74, 6) is -4.67. The fourth-order valence-corrected chi connectivity index (χ4v) is 0.780. The molecule has 0 rings (SSSR count). The number of primary amides is 1. The van der Waals surface area contributed by atoms with E-state index in [0.717, 1.165) is 0 Å². The van der Waals surface area contributed by atoms with Crippen LogP contribution >= 0.6 is 0 Å². The number of ether oxygens (including phenoxy) is 2. The molecule has 2 N–H and O–H groups in total. The summed E-state index contributed by atoms with van der Waals surface area (Å²) in [5, 5.41) is 0. The van der Waals surface area contributed by atoms with Crippen LogP contribution in [0.3, 0.4) is 0 Å². The third-order valence-electron chi connectivity index (χ3n) is 1.33. The molecule has 0 aliphatic carbocycles. The number of esters is 2. The largest absolute Gasteiger partial charge is 0.465 e. The second-order valence-corrected chi connectivity index (χ2v) is 2.34. The van der Waals surface area contributed by atoms with E-state index in [4.69, 9.17) is 5.73 Å². The van der Waals surface area contributed by atoms with Gasteiger partial charge in [-0.25, -0.2) is 0 Å². The molecule has 0 aromatic carbocycles. The van der Waals surface area contributed by atoms with Crippen LogP contribution in [0, 0.1) is 5.92 Å². The number of hydrogen-bond acceptors (Lipinski definition) is 5. The van der Waals surface area contributed by atoms with E-state index >= 15 is 0 Å². The Morgan fingerprint density at radius 2 is 1.43 bits per heavy atom. The highest BCUT2D eigenvalue weighted by molar-refractivity contribution is 6.13. The zero-order chi connectivity index (χ0) is 11.1. The van der Waals surface area contributed by atoms with E-state index in [1.807, 2.05) is 0 Å². The Bertz CT molecular complexity index is 220. The molecule has 6 nitrogen and oxygen atoms in total. The summed E-state index contributed by atoms with van der Waals surface area (Å²) in [6.45, 7) is 3.26. The van der Waals surface area contributed by atoms with Crippen LogP contribution in [0.25, 0.3) is 0 Å². The van der Waals surface area contributed by atoms with Gasteiger partial charge in [-0.1, -0.05) is 0 Å². The summed E-state index contributed by atoms with van der Waals surface area (Å²) in [5.41, 5.74) is 4.86. The zero-order valence-corrected chi connectivity index (χ0v) is 8.11. The van der Waals surface area contributed by atoms with Crippen LogP contribution in [0.1, 0.15) is 13.8 Å². The lowest BCUT2D eigenvalue weighted by molar-refractivity contribution is -0.163. The molecule has 0 radical (unpaired) electrons. The first-order valence-electron chi connectivity index (χ1n) is 4.17. The number of carbonyl (C=O) groups excluding carboxylic acids is 3. The standard InChI is InChI=1S/C8H13NO5/c1-3-13-7(11)5(6(9)10)8(12)14-4-2/h5H,3-4H2,1-2H3,(H2,9,10). The van der Waals surface area contributed by atoms with Crippen LogP contribution in [-0.2, 0) is 23.9 Å². The molecule has 0 saturated carbocycles. The van der Waals surface area contributed by atoms with E-state index < -0.39 is 23.8 Å². The first-order valence-corrected chi connectivity index (χ1v) is 4.17. The molecular formula is C8H13NO5. The van der Waals surface area contributed by atoms with Gasteiger partial charge in [0.25, 0.3) is 0 Å². The zero-order valence-electron chi connectivity index (χ0n) is 8.11. The summed E-state index contributed by atoms with van der Waals surface area (Å²) in [4.78, 5) is 32.9. The smallest absolute Gasteiger partial charge is 0.330 e. The van der Waals surface area contributed by atoms with Crippen molar-refractivity contribution in [2.75, 3.05) is 13.2 Å². The van der Waals surface area contributed by atoms with E-state index in [9.17, 15) is 14.4 Å². The molecule has 0 unspecified atom stereocenters. The highest BCUT2D eigenvalue weighted by atomic mass is 16.6. The minimum Gasteiger partial charge on any atom is -0.465 e. The van der Waals surface area contributed by atoms with Crippen molar-refractivity contribution in [3.63, 3.8) is 0 Å². The van der Waals surface area contributed by atoms with Crippen molar-refractivity contribution >= 4 is 17.8 Å². The minimum absolute atomic E-state index is 0.0714. The molecule has 0 aliphatic heterocycles. The van der Waals surface area contributed by atoms with Crippen molar-refractivity contribution in [3.8, 4) is 0 Å². The van der Waals surface area contributed by atoms with Gasteiger partial charge in [0, 0.05) is 0 Å². The van der Waals surface area contributed by atoms with E-state index in [1.54, 1.807) is 13.8 Å². The molecule has 0 saturated heterocycles. The molecule has 0 spiro atoms. The fourth-order valence-electron chi connectivity index (χ4n) is 0.780. The Balaban J connectivity index is 4.51. The summed E-state index contributed by atoms with van der Waals surface area (Å²) >= 11 is 0. The Morgan fingerprint density at radius 3 is 1.64 bits per heavy atom. The molecule has 0 fully saturated rings. The van der Waals surface area contributed by atoms with Gasteiger partial charge < -0.3 is 15.2 Å². The van der Waals surface area contributed by atoms with Gasteiger partial charge in [0.15, 0.2) is 0 Å². The van der Waals surface area contributed by atoms with Gasteiger partial charge in [-0.3, -0.25) is 14.4 Å². The number of rotatable bonds is 5. The van der Waals surface area contributed by atoms with Crippen molar-refractivity contribution in [1.29, 1.82) is 0 Å². The van der Waals surface area contributed by atoms with Crippen LogP contribution < -0.4 is 5.73 Å². The van der Waals surface area contributed by atoms with Gasteiger partial charge in [0.1, 0.15) is 0 Å². The molecule has 1 amide bonds. The van der Waals surface area contributed by atoms with Crippen molar-refractivity contribution in [3.05, 3.63) is 0 Å². The maximum absolute atomic E-state index is 11.1. The van der Waals surface area contributed by atoms with Crippen LogP contribution in [-0.4, -0.2) is 31.1 Å². The van der Waals surface area contributed by atoms with Gasteiger partial charge in [0.2, 0.25) is 11.8 Å². The number of nitrogens with two attached hydrogens (primary N) is 1. The first kappa shape index (κ1) is 12.4. The minimum atomic E-state index is -1.66. The maximum atomic E-state index is 11.1. The summed E-state index contributed by atoms with van der Waals surface area (Å²) in [6, 6.07) is 0. The molecule has 6 heteroatoms. The number of hydrogen-bond donors (Lipinski definition) is 1. The normalized spacial score (nSPS) is 9.64. The Labute approximate surface area is 81.3 Å². The fraction of sp³-hybridized carbons (Fsp3) is 0.625. The lowest BCUT2D eigenvalue weighted by atomic mass is 10.1. The molecule has 0 heterocycles. The van der Waals surface area contributed by atoms with Gasteiger partial charge in [0.05, 0.1) is 13.2 Å². The summed E-state index contributed by atoms with van der Waals surface area (Å²) in [7, 11) is 0. The topological polar surface area (TPSA) is 95.7 Å². The van der Waals surface area contributed by atoms with Crippen molar-refractivity contribution < 1.29 is 23.9 Å². The molecule has 0 aromatic heterocycles. The average molecular weight is 203 g/mol. The van der Waals surface area contributed by atoms with Crippen molar-refractivity contribution in [2.24, 2.45) is 11.7 Å². The molecule has 14 heavy (non-hydrogen) atoms. The van der Waals surface area contributed by atoms with Crippen LogP contribution in [0.2, 0.25) is 0 Å². The van der Waals surface area contributed by atoms with Crippen LogP contribution in [0.5, 0.6) is 0 Å². The molecule has 80 valence electrons. The number of carbonyl (C=O) groups is 3. The highest BCUT2D eigenvalue weighted by Gasteiger charge is 2.34. The van der Waals surface area contributed by atoms with Crippen LogP contribution in [0.15, 0.2) is 0 Å². The van der Waals surface area contributed by atoms with Crippen molar-refractivity contribution in [2.45, 2.75) is 13.8 Å². The first-order chi connectivity index (χ1) is 6.54. The van der Waals surface area contributed by atoms with Gasteiger partial charge in [-0.2, -0.15) is 0 Å². The second kappa shape index (κ2) is 5.95. The summed E-state index contributed by atoms with van der Waals surface area (Å²) in [6.07, 6.45) is 0. The van der Waals surface area contributed by atoms with Crippen molar-refractivity contribution in [1.82, 2.24) is 0 Å². The Kier molecular flexibility index (Phi) is 5.28. The molecular weight excluding hydrogens is 190 g/mol. The predicted molar refractivity (Wildman–Crippen MR) is 46.0 cm³/mol. The van der Waals surface area contributed by atoms with Gasteiger partial charge in [-0.15, -0.1) is 0 Å². The Hall–Kier alpha value is -1.59. The monoisotopic (exact) mass is 203 g/mol. The molecule has 0 aromatic rings. The third-order valence-corrected chi connectivity index (χ3v) is 1.33. The number of amides is 1. The van der Waals surface area contributed by atoms with Crippen LogP contribution in [0.4, 0.5) is 0 Å². The molecule has 0 atom stereocenters. The molecule has 0 bridgehead atoms. The van der Waals surface area contributed by atoms with Gasteiger partial charge >= 0.3 is 11.9 Å².